The fraction of sp³-hybridized carbons (Fsp3) is 0.455. The molecule has 0 spiro atoms. The molecule has 0 radical (unpaired) electrons. The Bertz CT molecular complexity index is 786. The summed E-state index contributed by atoms with van der Waals surface area (Å²) in [5.74, 6) is 0.437. The van der Waals surface area contributed by atoms with Crippen LogP contribution in [0.5, 0.6) is 0 Å². The molecular formula is C22H30N2O2S. The van der Waals surface area contributed by atoms with Gasteiger partial charge in [-0.1, -0.05) is 86.3 Å². The summed E-state index contributed by atoms with van der Waals surface area (Å²) in [4.78, 5) is 0. The van der Waals surface area contributed by atoms with Crippen molar-refractivity contribution in [2.45, 2.75) is 50.6 Å². The van der Waals surface area contributed by atoms with E-state index in [1.54, 1.807) is 0 Å². The van der Waals surface area contributed by atoms with E-state index >= 15 is 0 Å². The zero-order chi connectivity index (χ0) is 19.1. The van der Waals surface area contributed by atoms with Gasteiger partial charge in [0.05, 0.1) is 17.8 Å². The first kappa shape index (κ1) is 20.1. The van der Waals surface area contributed by atoms with Crippen LogP contribution < -0.4 is 10.5 Å². The van der Waals surface area contributed by atoms with Crippen molar-refractivity contribution in [3.05, 3.63) is 71.8 Å². The van der Waals surface area contributed by atoms with E-state index in [2.05, 4.69) is 4.72 Å². The minimum Gasteiger partial charge on any atom is -0.322 e. The number of nitrogens with two attached hydrogens (primary N) is 1. The van der Waals surface area contributed by atoms with E-state index in [9.17, 15) is 8.42 Å². The Kier molecular flexibility index (Phi) is 7.05. The molecule has 146 valence electrons. The van der Waals surface area contributed by atoms with Gasteiger partial charge in [0.15, 0.2) is 0 Å². The first-order chi connectivity index (χ1) is 13.1. The van der Waals surface area contributed by atoms with Crippen LogP contribution in [0.1, 0.15) is 61.7 Å². The lowest BCUT2D eigenvalue weighted by molar-refractivity contribution is 0.471. The molecule has 5 heteroatoms. The number of rotatable bonds is 7. The maximum Gasteiger partial charge on any atom is 0.212 e. The lowest BCUT2D eigenvalue weighted by Gasteiger charge is -2.27. The Morgan fingerprint density at radius 1 is 0.852 bits per heavy atom. The molecule has 2 aromatic carbocycles. The second-order valence-corrected chi connectivity index (χ2v) is 9.38. The van der Waals surface area contributed by atoms with E-state index < -0.39 is 22.1 Å². The van der Waals surface area contributed by atoms with Gasteiger partial charge in [0.1, 0.15) is 0 Å². The average Bonchev–Trinajstić information content (AvgIpc) is 2.95. The highest BCUT2D eigenvalue weighted by Gasteiger charge is 2.28. The van der Waals surface area contributed by atoms with Crippen LogP contribution in [0.25, 0.3) is 0 Å². The van der Waals surface area contributed by atoms with Crippen LogP contribution in [0.2, 0.25) is 0 Å². The molecule has 0 saturated heterocycles. The monoisotopic (exact) mass is 386 g/mol. The Morgan fingerprint density at radius 2 is 1.37 bits per heavy atom. The zero-order valence-corrected chi connectivity index (χ0v) is 16.6. The average molecular weight is 387 g/mol. The summed E-state index contributed by atoms with van der Waals surface area (Å²) in [6, 6.07) is 18.4. The van der Waals surface area contributed by atoms with Gasteiger partial charge >= 0.3 is 0 Å². The quantitative estimate of drug-likeness (QED) is 0.696. The standard InChI is InChI=1S/C22H30N2O2S/c23-21(19-13-7-3-8-14-19)22(20-15-9-4-10-16-20)24-27(25,26)17-18-11-5-1-2-6-12-18/h3-4,7-10,13-16,18,21-22,24H,1-2,5-6,11-12,17,23H2. The van der Waals surface area contributed by atoms with Gasteiger partial charge in [0.2, 0.25) is 10.0 Å². The highest BCUT2D eigenvalue weighted by atomic mass is 32.2. The molecule has 27 heavy (non-hydrogen) atoms. The van der Waals surface area contributed by atoms with E-state index in [1.165, 1.54) is 12.8 Å². The van der Waals surface area contributed by atoms with Crippen LogP contribution in [-0.4, -0.2) is 14.2 Å². The minimum absolute atomic E-state index is 0.192. The van der Waals surface area contributed by atoms with Crippen LogP contribution >= 0.6 is 0 Å². The number of benzene rings is 2. The maximum atomic E-state index is 13.0. The van der Waals surface area contributed by atoms with Gasteiger partial charge in [0.25, 0.3) is 0 Å². The summed E-state index contributed by atoms with van der Waals surface area (Å²) in [6.07, 6.45) is 6.70. The predicted molar refractivity (Wildman–Crippen MR) is 111 cm³/mol. The molecule has 0 bridgehead atoms. The van der Waals surface area contributed by atoms with E-state index in [4.69, 9.17) is 5.73 Å². The van der Waals surface area contributed by atoms with Crippen LogP contribution in [-0.2, 0) is 10.0 Å². The predicted octanol–water partition coefficient (Wildman–Crippen LogP) is 4.32. The highest BCUT2D eigenvalue weighted by molar-refractivity contribution is 7.89. The van der Waals surface area contributed by atoms with Gasteiger partial charge in [-0.05, 0) is 29.9 Å². The topological polar surface area (TPSA) is 72.2 Å². The number of sulfonamides is 1. The van der Waals surface area contributed by atoms with Crippen molar-refractivity contribution in [1.29, 1.82) is 0 Å². The summed E-state index contributed by atoms with van der Waals surface area (Å²) < 4.78 is 28.9. The maximum absolute atomic E-state index is 13.0. The summed E-state index contributed by atoms with van der Waals surface area (Å²) in [7, 11) is -3.43. The largest absolute Gasteiger partial charge is 0.322 e. The summed E-state index contributed by atoms with van der Waals surface area (Å²) >= 11 is 0. The molecule has 2 aromatic rings. The van der Waals surface area contributed by atoms with Crippen molar-refractivity contribution in [2.75, 3.05) is 5.75 Å². The molecule has 1 saturated carbocycles. The van der Waals surface area contributed by atoms with E-state index in [-0.39, 0.29) is 11.7 Å². The second-order valence-electron chi connectivity index (χ2n) is 7.58. The van der Waals surface area contributed by atoms with Gasteiger partial charge < -0.3 is 5.73 Å². The zero-order valence-electron chi connectivity index (χ0n) is 15.8. The molecular weight excluding hydrogens is 356 g/mol. The molecule has 1 fully saturated rings. The molecule has 0 amide bonds. The number of nitrogens with one attached hydrogen (secondary N) is 1. The summed E-state index contributed by atoms with van der Waals surface area (Å²) in [5.41, 5.74) is 8.32. The molecule has 3 N–H and O–H groups in total. The Balaban J connectivity index is 1.80. The number of hydrogen-bond acceptors (Lipinski definition) is 3. The summed E-state index contributed by atoms with van der Waals surface area (Å²) in [5, 5.41) is 0. The lowest BCUT2D eigenvalue weighted by atomic mass is 9.95. The fourth-order valence-corrected chi connectivity index (χ4v) is 5.68. The van der Waals surface area contributed by atoms with Crippen molar-refractivity contribution >= 4 is 10.0 Å². The van der Waals surface area contributed by atoms with Crippen molar-refractivity contribution in [2.24, 2.45) is 11.7 Å². The van der Waals surface area contributed by atoms with Crippen LogP contribution in [0.4, 0.5) is 0 Å². The van der Waals surface area contributed by atoms with Crippen molar-refractivity contribution in [3.8, 4) is 0 Å². The first-order valence-electron chi connectivity index (χ1n) is 9.90. The van der Waals surface area contributed by atoms with Crippen LogP contribution in [0.15, 0.2) is 60.7 Å². The van der Waals surface area contributed by atoms with Gasteiger partial charge in [-0.25, -0.2) is 13.1 Å². The minimum atomic E-state index is -3.43. The SMILES string of the molecule is NC(c1ccccc1)C(NS(=O)(=O)CC1CCCCCC1)c1ccccc1. The smallest absolute Gasteiger partial charge is 0.212 e. The number of hydrogen-bond donors (Lipinski definition) is 2. The van der Waals surface area contributed by atoms with Crippen molar-refractivity contribution in [1.82, 2.24) is 4.72 Å². The molecule has 1 aliphatic carbocycles. The van der Waals surface area contributed by atoms with E-state index in [0.717, 1.165) is 36.8 Å². The second kappa shape index (κ2) is 9.49. The third kappa shape index (κ3) is 5.89. The van der Waals surface area contributed by atoms with Crippen molar-refractivity contribution < 1.29 is 8.42 Å². The summed E-state index contributed by atoms with van der Waals surface area (Å²) in [6.45, 7) is 0. The van der Waals surface area contributed by atoms with E-state index in [0.29, 0.717) is 0 Å². The highest BCUT2D eigenvalue weighted by Crippen LogP contribution is 2.29. The normalized spacial score (nSPS) is 18.6. The third-order valence-corrected chi connectivity index (χ3v) is 6.96. The third-order valence-electron chi connectivity index (χ3n) is 5.44. The van der Waals surface area contributed by atoms with Gasteiger partial charge in [-0.2, -0.15) is 0 Å². The molecule has 0 aromatic heterocycles. The fourth-order valence-electron chi connectivity index (χ4n) is 3.96. The molecule has 1 aliphatic rings. The molecule has 4 nitrogen and oxygen atoms in total. The molecule has 2 atom stereocenters. The first-order valence-corrected chi connectivity index (χ1v) is 11.6. The molecule has 0 heterocycles. The molecule has 0 aliphatic heterocycles. The van der Waals surface area contributed by atoms with E-state index in [1.807, 2.05) is 60.7 Å². The Labute approximate surface area is 163 Å². The molecule has 3 rings (SSSR count). The molecule has 2 unspecified atom stereocenters. The van der Waals surface area contributed by atoms with Crippen LogP contribution in [0, 0.1) is 5.92 Å². The lowest BCUT2D eigenvalue weighted by Crippen LogP contribution is -2.38. The Hall–Kier alpha value is -1.69. The van der Waals surface area contributed by atoms with Gasteiger partial charge in [-0.3, -0.25) is 0 Å². The Morgan fingerprint density at radius 3 is 1.93 bits per heavy atom. The van der Waals surface area contributed by atoms with Gasteiger partial charge in [-0.15, -0.1) is 0 Å². The van der Waals surface area contributed by atoms with Crippen LogP contribution in [0.3, 0.4) is 0 Å². The van der Waals surface area contributed by atoms with Crippen molar-refractivity contribution in [3.63, 3.8) is 0 Å². The van der Waals surface area contributed by atoms with Gasteiger partial charge in [0, 0.05) is 0 Å².